The number of aromatic nitrogens is 4. The zero-order chi connectivity index (χ0) is 13.1. The first kappa shape index (κ1) is 12.1. The van der Waals surface area contributed by atoms with E-state index in [0.29, 0.717) is 12.4 Å². The van der Waals surface area contributed by atoms with Gasteiger partial charge in [0, 0.05) is 11.6 Å². The van der Waals surface area contributed by atoms with Crippen molar-refractivity contribution in [3.05, 3.63) is 35.2 Å². The van der Waals surface area contributed by atoms with Crippen LogP contribution in [0.3, 0.4) is 0 Å². The SMILES string of the molecule is Cc1cccc2c1OCCCC2NCc1nn[nH]n1. The lowest BCUT2D eigenvalue weighted by Crippen LogP contribution is -2.21. The van der Waals surface area contributed by atoms with Crippen LogP contribution in [-0.4, -0.2) is 27.2 Å². The van der Waals surface area contributed by atoms with E-state index in [-0.39, 0.29) is 6.04 Å². The zero-order valence-electron chi connectivity index (χ0n) is 10.9. The Balaban J connectivity index is 1.80. The van der Waals surface area contributed by atoms with Gasteiger partial charge in [0.25, 0.3) is 0 Å². The minimum Gasteiger partial charge on any atom is -0.493 e. The molecule has 2 heterocycles. The summed E-state index contributed by atoms with van der Waals surface area (Å²) in [6.45, 7) is 3.47. The molecule has 0 saturated heterocycles. The van der Waals surface area contributed by atoms with Gasteiger partial charge in [0.05, 0.1) is 13.2 Å². The number of aromatic amines is 1. The van der Waals surface area contributed by atoms with Gasteiger partial charge < -0.3 is 10.1 Å². The minimum absolute atomic E-state index is 0.274. The molecule has 100 valence electrons. The van der Waals surface area contributed by atoms with E-state index < -0.39 is 0 Å². The van der Waals surface area contributed by atoms with E-state index in [0.717, 1.165) is 25.2 Å². The van der Waals surface area contributed by atoms with Crippen molar-refractivity contribution in [3.63, 3.8) is 0 Å². The number of H-pyrrole nitrogens is 1. The third kappa shape index (κ3) is 2.58. The highest BCUT2D eigenvalue weighted by Crippen LogP contribution is 2.33. The van der Waals surface area contributed by atoms with E-state index in [4.69, 9.17) is 4.74 Å². The topological polar surface area (TPSA) is 75.7 Å². The van der Waals surface area contributed by atoms with E-state index in [9.17, 15) is 0 Å². The Bertz CT molecular complexity index is 540. The summed E-state index contributed by atoms with van der Waals surface area (Å²) in [5.74, 6) is 1.70. The summed E-state index contributed by atoms with van der Waals surface area (Å²) in [4.78, 5) is 0. The van der Waals surface area contributed by atoms with Crippen LogP contribution in [0.15, 0.2) is 18.2 Å². The molecule has 1 aliphatic rings. The molecule has 2 aromatic rings. The molecule has 0 fully saturated rings. The molecular weight excluding hydrogens is 242 g/mol. The van der Waals surface area contributed by atoms with Gasteiger partial charge in [-0.3, -0.25) is 0 Å². The predicted octanol–water partition coefficient (Wildman–Crippen LogP) is 1.51. The van der Waals surface area contributed by atoms with Crippen LogP contribution in [0.2, 0.25) is 0 Å². The average Bonchev–Trinajstić information content (AvgIpc) is 2.84. The number of fused-ring (bicyclic) bond motifs is 1. The number of hydrogen-bond acceptors (Lipinski definition) is 5. The second-order valence-corrected chi connectivity index (χ2v) is 4.75. The fraction of sp³-hybridized carbons (Fsp3) is 0.462. The van der Waals surface area contributed by atoms with Crippen molar-refractivity contribution in [3.8, 4) is 5.75 Å². The Hall–Kier alpha value is -1.95. The number of nitrogens with one attached hydrogen (secondary N) is 2. The number of tetrazole rings is 1. The molecule has 1 aromatic heterocycles. The van der Waals surface area contributed by atoms with Gasteiger partial charge in [-0.2, -0.15) is 5.21 Å². The summed E-state index contributed by atoms with van der Waals surface area (Å²) in [5, 5.41) is 17.4. The molecule has 1 unspecified atom stereocenters. The highest BCUT2D eigenvalue weighted by atomic mass is 16.5. The van der Waals surface area contributed by atoms with E-state index in [2.05, 4.69) is 51.1 Å². The standard InChI is InChI=1S/C13H17N5O/c1-9-4-2-5-10-11(6-3-7-19-13(9)10)14-8-12-15-17-18-16-12/h2,4-5,11,14H,3,6-8H2,1H3,(H,15,16,17,18). The highest BCUT2D eigenvalue weighted by molar-refractivity contribution is 5.43. The van der Waals surface area contributed by atoms with Gasteiger partial charge in [-0.05, 0) is 25.3 Å². The summed E-state index contributed by atoms with van der Waals surface area (Å²) < 4.78 is 5.86. The number of benzene rings is 1. The molecule has 1 aromatic carbocycles. The molecule has 0 spiro atoms. The van der Waals surface area contributed by atoms with Gasteiger partial charge in [0.15, 0.2) is 5.82 Å². The number of rotatable bonds is 3. The van der Waals surface area contributed by atoms with Crippen molar-refractivity contribution in [2.75, 3.05) is 6.61 Å². The molecule has 0 aliphatic carbocycles. The number of nitrogens with zero attached hydrogens (tertiary/aromatic N) is 3. The number of hydrogen-bond donors (Lipinski definition) is 2. The van der Waals surface area contributed by atoms with Crippen LogP contribution < -0.4 is 10.1 Å². The molecular formula is C13H17N5O. The molecule has 1 aliphatic heterocycles. The monoisotopic (exact) mass is 259 g/mol. The molecule has 0 saturated carbocycles. The molecule has 0 radical (unpaired) electrons. The van der Waals surface area contributed by atoms with E-state index in [1.54, 1.807) is 0 Å². The second-order valence-electron chi connectivity index (χ2n) is 4.75. The highest BCUT2D eigenvalue weighted by Gasteiger charge is 2.20. The molecule has 1 atom stereocenters. The molecule has 6 heteroatoms. The lowest BCUT2D eigenvalue weighted by Gasteiger charge is -2.18. The van der Waals surface area contributed by atoms with Crippen LogP contribution in [0.4, 0.5) is 0 Å². The molecule has 0 amide bonds. The first-order valence-electron chi connectivity index (χ1n) is 6.52. The Kier molecular flexibility index (Phi) is 3.41. The van der Waals surface area contributed by atoms with Gasteiger partial charge in [-0.25, -0.2) is 0 Å². The largest absolute Gasteiger partial charge is 0.493 e. The summed E-state index contributed by atoms with van der Waals surface area (Å²) in [5.41, 5.74) is 2.41. The van der Waals surface area contributed by atoms with Crippen LogP contribution >= 0.6 is 0 Å². The van der Waals surface area contributed by atoms with Crippen LogP contribution in [0, 0.1) is 6.92 Å². The summed E-state index contributed by atoms with van der Waals surface area (Å²) in [6.07, 6.45) is 2.09. The van der Waals surface area contributed by atoms with Crippen molar-refractivity contribution in [2.45, 2.75) is 32.4 Å². The maximum Gasteiger partial charge on any atom is 0.188 e. The molecule has 6 nitrogen and oxygen atoms in total. The summed E-state index contributed by atoms with van der Waals surface area (Å²) in [6, 6.07) is 6.56. The van der Waals surface area contributed by atoms with Gasteiger partial charge in [-0.15, -0.1) is 10.2 Å². The molecule has 3 rings (SSSR count). The molecule has 0 bridgehead atoms. The van der Waals surface area contributed by atoms with Crippen LogP contribution in [0.25, 0.3) is 0 Å². The van der Waals surface area contributed by atoms with Crippen LogP contribution in [-0.2, 0) is 6.54 Å². The Labute approximate surface area is 111 Å². The maximum absolute atomic E-state index is 5.86. The van der Waals surface area contributed by atoms with E-state index in [1.807, 2.05) is 0 Å². The number of ether oxygens (including phenoxy) is 1. The zero-order valence-corrected chi connectivity index (χ0v) is 10.9. The van der Waals surface area contributed by atoms with Crippen LogP contribution in [0.1, 0.15) is 35.8 Å². The minimum atomic E-state index is 0.274. The Morgan fingerprint density at radius 1 is 1.47 bits per heavy atom. The lowest BCUT2D eigenvalue weighted by atomic mass is 10.00. The van der Waals surface area contributed by atoms with Gasteiger partial charge in [0.2, 0.25) is 0 Å². The molecule has 19 heavy (non-hydrogen) atoms. The van der Waals surface area contributed by atoms with Crippen molar-refractivity contribution >= 4 is 0 Å². The van der Waals surface area contributed by atoms with Gasteiger partial charge >= 0.3 is 0 Å². The third-order valence-corrected chi connectivity index (χ3v) is 3.40. The fourth-order valence-electron chi connectivity index (χ4n) is 2.45. The first-order chi connectivity index (χ1) is 9.34. The van der Waals surface area contributed by atoms with Crippen molar-refractivity contribution in [1.29, 1.82) is 0 Å². The normalized spacial score (nSPS) is 18.5. The first-order valence-corrected chi connectivity index (χ1v) is 6.52. The fourth-order valence-corrected chi connectivity index (χ4v) is 2.45. The maximum atomic E-state index is 5.86. The van der Waals surface area contributed by atoms with Gasteiger partial charge in [-0.1, -0.05) is 23.4 Å². The number of aryl methyl sites for hydroxylation is 1. The predicted molar refractivity (Wildman–Crippen MR) is 69.7 cm³/mol. The number of para-hydroxylation sites is 1. The third-order valence-electron chi connectivity index (χ3n) is 3.40. The van der Waals surface area contributed by atoms with E-state index in [1.165, 1.54) is 11.1 Å². The summed E-state index contributed by atoms with van der Waals surface area (Å²) in [7, 11) is 0. The smallest absolute Gasteiger partial charge is 0.188 e. The van der Waals surface area contributed by atoms with Crippen molar-refractivity contribution in [1.82, 2.24) is 25.9 Å². The summed E-state index contributed by atoms with van der Waals surface area (Å²) >= 11 is 0. The quantitative estimate of drug-likeness (QED) is 0.874. The average molecular weight is 259 g/mol. The Morgan fingerprint density at radius 3 is 3.26 bits per heavy atom. The Morgan fingerprint density at radius 2 is 2.42 bits per heavy atom. The molecule has 2 N–H and O–H groups in total. The van der Waals surface area contributed by atoms with Crippen molar-refractivity contribution in [2.24, 2.45) is 0 Å². The van der Waals surface area contributed by atoms with Crippen LogP contribution in [0.5, 0.6) is 5.75 Å². The van der Waals surface area contributed by atoms with Gasteiger partial charge in [0.1, 0.15) is 5.75 Å². The second kappa shape index (κ2) is 5.36. The van der Waals surface area contributed by atoms with E-state index >= 15 is 0 Å². The lowest BCUT2D eigenvalue weighted by molar-refractivity contribution is 0.313. The van der Waals surface area contributed by atoms with Crippen molar-refractivity contribution < 1.29 is 4.74 Å².